The van der Waals surface area contributed by atoms with Gasteiger partial charge in [0.05, 0.1) is 12.8 Å². The molecule has 4 N–H and O–H groups in total. The Bertz CT molecular complexity index is 1070. The third-order valence-corrected chi connectivity index (χ3v) is 4.03. The molecule has 0 radical (unpaired) electrons. The summed E-state index contributed by atoms with van der Waals surface area (Å²) in [5.41, 5.74) is 9.57. The topological polar surface area (TPSA) is 106 Å². The maximum absolute atomic E-state index is 5.94. The number of benzene rings is 1. The molecular weight excluding hydrogens is 330 g/mol. The highest BCUT2D eigenvalue weighted by Gasteiger charge is 2.12. The molecule has 8 nitrogen and oxygen atoms in total. The lowest BCUT2D eigenvalue weighted by Gasteiger charge is -2.06. The van der Waals surface area contributed by atoms with Crippen LogP contribution < -0.4 is 15.8 Å². The van der Waals surface area contributed by atoms with Gasteiger partial charge in [0.2, 0.25) is 5.95 Å². The average molecular weight is 349 g/mol. The first-order chi connectivity index (χ1) is 12.6. The summed E-state index contributed by atoms with van der Waals surface area (Å²) in [4.78, 5) is 9.04. The van der Waals surface area contributed by atoms with Gasteiger partial charge in [0.25, 0.3) is 0 Å². The van der Waals surface area contributed by atoms with E-state index in [2.05, 4.69) is 25.5 Å². The maximum Gasteiger partial charge on any atom is 0.216 e. The van der Waals surface area contributed by atoms with Crippen molar-refractivity contribution >= 4 is 23.2 Å². The van der Waals surface area contributed by atoms with Gasteiger partial charge in [-0.2, -0.15) is 10.1 Å². The van der Waals surface area contributed by atoms with Crippen molar-refractivity contribution in [2.24, 2.45) is 0 Å². The molecule has 0 spiro atoms. The molecule has 132 valence electrons. The number of anilines is 3. The second-order valence-corrected chi connectivity index (χ2v) is 6.01. The Morgan fingerprint density at radius 1 is 1.23 bits per heavy atom. The molecule has 4 aromatic rings. The molecule has 0 atom stereocenters. The van der Waals surface area contributed by atoms with Gasteiger partial charge in [-0.05, 0) is 13.0 Å². The van der Waals surface area contributed by atoms with E-state index >= 15 is 0 Å². The molecule has 0 fully saturated rings. The number of methoxy groups -OCH3 is 1. The summed E-state index contributed by atoms with van der Waals surface area (Å²) in [6.45, 7) is 1.93. The SMILES string of the molecule is COc1ccccc1Cc1cn2c(Nc3cc(C)[nH]n3)nc(N)cc2n1. The Labute approximate surface area is 150 Å². The lowest BCUT2D eigenvalue weighted by atomic mass is 10.1. The number of aryl methyl sites for hydroxylation is 1. The highest BCUT2D eigenvalue weighted by Crippen LogP contribution is 2.23. The molecule has 26 heavy (non-hydrogen) atoms. The Morgan fingerprint density at radius 2 is 2.08 bits per heavy atom. The van der Waals surface area contributed by atoms with Crippen molar-refractivity contribution in [1.29, 1.82) is 0 Å². The normalized spacial score (nSPS) is 11.0. The molecule has 3 heterocycles. The average Bonchev–Trinajstić information content (AvgIpc) is 3.21. The van der Waals surface area contributed by atoms with Crippen LogP contribution in [0, 0.1) is 6.92 Å². The molecule has 0 unspecified atom stereocenters. The van der Waals surface area contributed by atoms with Crippen LogP contribution in [0.1, 0.15) is 17.0 Å². The summed E-state index contributed by atoms with van der Waals surface area (Å²) < 4.78 is 7.29. The van der Waals surface area contributed by atoms with Gasteiger partial charge in [-0.25, -0.2) is 4.98 Å². The Hall–Kier alpha value is -3.55. The van der Waals surface area contributed by atoms with Crippen molar-refractivity contribution in [3.63, 3.8) is 0 Å². The summed E-state index contributed by atoms with van der Waals surface area (Å²) in [6.07, 6.45) is 2.59. The zero-order chi connectivity index (χ0) is 18.1. The molecule has 0 amide bonds. The smallest absolute Gasteiger partial charge is 0.216 e. The van der Waals surface area contributed by atoms with Crippen molar-refractivity contribution in [1.82, 2.24) is 24.6 Å². The van der Waals surface area contributed by atoms with E-state index in [1.807, 2.05) is 47.9 Å². The fourth-order valence-electron chi connectivity index (χ4n) is 2.87. The van der Waals surface area contributed by atoms with Crippen LogP contribution in [0.15, 0.2) is 42.6 Å². The van der Waals surface area contributed by atoms with Crippen molar-refractivity contribution in [2.75, 3.05) is 18.2 Å². The third kappa shape index (κ3) is 3.04. The van der Waals surface area contributed by atoms with Crippen LogP contribution in [0.3, 0.4) is 0 Å². The third-order valence-electron chi connectivity index (χ3n) is 4.03. The Balaban J connectivity index is 1.71. The number of hydrogen-bond donors (Lipinski definition) is 3. The van der Waals surface area contributed by atoms with Crippen molar-refractivity contribution in [2.45, 2.75) is 13.3 Å². The summed E-state index contributed by atoms with van der Waals surface area (Å²) in [7, 11) is 1.67. The van der Waals surface area contributed by atoms with Gasteiger partial charge in [-0.15, -0.1) is 0 Å². The van der Waals surface area contributed by atoms with Crippen molar-refractivity contribution < 1.29 is 4.74 Å². The van der Waals surface area contributed by atoms with Crippen LogP contribution in [0.5, 0.6) is 5.75 Å². The number of rotatable bonds is 5. The molecule has 1 aromatic carbocycles. The van der Waals surface area contributed by atoms with Crippen LogP contribution in [-0.4, -0.2) is 31.7 Å². The number of nitrogens with one attached hydrogen (secondary N) is 2. The standard InChI is InChI=1S/C18H19N7O/c1-11-7-16(24-23-11)22-18-21-15(19)9-17-20-13(10-25(17)18)8-12-5-3-4-6-14(12)26-2/h3-7,9-10H,8,19H2,1-2H3,(H2,21,22,23,24). The monoisotopic (exact) mass is 349 g/mol. The molecular formula is C18H19N7O. The molecule has 0 aliphatic rings. The van der Waals surface area contributed by atoms with Gasteiger partial charge in [0.15, 0.2) is 5.82 Å². The first kappa shape index (κ1) is 15.9. The van der Waals surface area contributed by atoms with E-state index in [9.17, 15) is 0 Å². The zero-order valence-electron chi connectivity index (χ0n) is 14.5. The van der Waals surface area contributed by atoms with E-state index in [0.717, 1.165) is 28.3 Å². The molecule has 0 saturated carbocycles. The fraction of sp³-hybridized carbons (Fsp3) is 0.167. The lowest BCUT2D eigenvalue weighted by molar-refractivity contribution is 0.410. The number of nitrogens with zero attached hydrogens (tertiary/aromatic N) is 4. The van der Waals surface area contributed by atoms with E-state index in [4.69, 9.17) is 10.5 Å². The van der Waals surface area contributed by atoms with E-state index in [0.29, 0.717) is 24.0 Å². The van der Waals surface area contributed by atoms with Crippen molar-refractivity contribution in [3.8, 4) is 5.75 Å². The van der Waals surface area contributed by atoms with Crippen LogP contribution >= 0.6 is 0 Å². The van der Waals surface area contributed by atoms with Gasteiger partial charge in [0, 0.05) is 36.0 Å². The quantitative estimate of drug-likeness (QED) is 0.511. The number of para-hydroxylation sites is 1. The van der Waals surface area contributed by atoms with E-state index in [1.165, 1.54) is 0 Å². The number of nitrogens with two attached hydrogens (primary N) is 1. The summed E-state index contributed by atoms with van der Waals surface area (Å²) in [5, 5.41) is 10.2. The summed E-state index contributed by atoms with van der Waals surface area (Å²) in [5.74, 6) is 2.46. The molecule has 8 heteroatoms. The highest BCUT2D eigenvalue weighted by molar-refractivity contribution is 5.59. The van der Waals surface area contributed by atoms with Gasteiger partial charge in [0.1, 0.15) is 17.2 Å². The maximum atomic E-state index is 5.94. The first-order valence-electron chi connectivity index (χ1n) is 8.18. The predicted molar refractivity (Wildman–Crippen MR) is 99.8 cm³/mol. The molecule has 3 aromatic heterocycles. The van der Waals surface area contributed by atoms with Gasteiger partial charge in [-0.3, -0.25) is 9.50 Å². The van der Waals surface area contributed by atoms with Gasteiger partial charge in [-0.1, -0.05) is 18.2 Å². The minimum Gasteiger partial charge on any atom is -0.496 e. The lowest BCUT2D eigenvalue weighted by Crippen LogP contribution is -2.03. The molecule has 0 aliphatic heterocycles. The predicted octanol–water partition coefficient (Wildman–Crippen LogP) is 2.69. The van der Waals surface area contributed by atoms with Crippen LogP contribution in [-0.2, 0) is 6.42 Å². The number of aromatic amines is 1. The summed E-state index contributed by atoms with van der Waals surface area (Å²) in [6, 6.07) is 11.5. The van der Waals surface area contributed by atoms with Crippen molar-refractivity contribution in [3.05, 3.63) is 59.5 Å². The second-order valence-electron chi connectivity index (χ2n) is 6.01. The molecule has 4 rings (SSSR count). The zero-order valence-corrected chi connectivity index (χ0v) is 14.5. The number of hydrogen-bond acceptors (Lipinski definition) is 6. The largest absolute Gasteiger partial charge is 0.496 e. The van der Waals surface area contributed by atoms with E-state index < -0.39 is 0 Å². The highest BCUT2D eigenvalue weighted by atomic mass is 16.5. The Morgan fingerprint density at radius 3 is 2.85 bits per heavy atom. The fourth-order valence-corrected chi connectivity index (χ4v) is 2.87. The second kappa shape index (κ2) is 6.40. The van der Waals surface area contributed by atoms with E-state index in [1.54, 1.807) is 13.2 Å². The number of aromatic nitrogens is 5. The van der Waals surface area contributed by atoms with Crippen LogP contribution in [0.2, 0.25) is 0 Å². The number of nitrogen functional groups attached to an aromatic ring is 1. The van der Waals surface area contributed by atoms with Crippen LogP contribution in [0.4, 0.5) is 17.6 Å². The molecule has 0 saturated heterocycles. The first-order valence-corrected chi connectivity index (χ1v) is 8.18. The van der Waals surface area contributed by atoms with E-state index in [-0.39, 0.29) is 0 Å². The molecule has 0 aliphatic carbocycles. The number of ether oxygens (including phenoxy) is 1. The molecule has 0 bridgehead atoms. The van der Waals surface area contributed by atoms with Gasteiger partial charge < -0.3 is 15.8 Å². The number of imidazole rings is 1. The van der Waals surface area contributed by atoms with Gasteiger partial charge >= 0.3 is 0 Å². The number of fused-ring (bicyclic) bond motifs is 1. The number of H-pyrrole nitrogens is 1. The minimum absolute atomic E-state index is 0.390. The van der Waals surface area contributed by atoms with Crippen LogP contribution in [0.25, 0.3) is 5.65 Å². The summed E-state index contributed by atoms with van der Waals surface area (Å²) >= 11 is 0. The minimum atomic E-state index is 0.390. The Kier molecular flexibility index (Phi) is 3.92.